The molecule has 4 aromatic rings. The van der Waals surface area contributed by atoms with Gasteiger partial charge in [-0.3, -0.25) is 19.2 Å². The first-order valence-electron chi connectivity index (χ1n) is 19.8. The number of imide groups is 2. The number of phenolic OH excluding ortho intramolecular Hbond substituents is 2. The van der Waals surface area contributed by atoms with E-state index >= 15 is 0 Å². The highest BCUT2D eigenvalue weighted by molar-refractivity contribution is 8.76. The molecular weight excluding hydrogens is 873 g/mol. The lowest BCUT2D eigenvalue weighted by Gasteiger charge is -2.31. The minimum atomic E-state index is -1.42. The normalized spacial score (nSPS) is 18.3. The fraction of sp³-hybridized carbons (Fsp3) is 0.318. The van der Waals surface area contributed by atoms with Crippen LogP contribution in [0, 0.1) is 0 Å². The number of rotatable bonds is 17. The molecule has 2 aliphatic rings. The Bertz CT molecular complexity index is 2070. The van der Waals surface area contributed by atoms with Crippen LogP contribution in [0.4, 0.5) is 9.59 Å². The zero-order valence-corrected chi connectivity index (χ0v) is 36.7. The minimum absolute atomic E-state index is 0.0279. The molecule has 4 atom stereocenters. The first kappa shape index (κ1) is 46.2. The van der Waals surface area contributed by atoms with Crippen molar-refractivity contribution in [2.75, 3.05) is 36.1 Å². The summed E-state index contributed by atoms with van der Waals surface area (Å²) in [6, 6.07) is 29.2. The van der Waals surface area contributed by atoms with Gasteiger partial charge in [0.15, 0.2) is 0 Å². The lowest BCUT2D eigenvalue weighted by atomic mass is 10.1. The molecule has 0 radical (unpaired) electrons. The van der Waals surface area contributed by atoms with E-state index < -0.39 is 58.6 Å². The van der Waals surface area contributed by atoms with Gasteiger partial charge < -0.3 is 30.2 Å². The quantitative estimate of drug-likeness (QED) is 0.0606. The average Bonchev–Trinajstić information content (AvgIpc) is 3.92. The standard InChI is InChI=1S/C44H46N4O10S4/c49-35-17-9-7-15-31(35)41-47(33(27-59-41)39(53)45(43(55)56)23-19-29-11-3-1-4-12-29)37(51)21-25-61-62-26-22-38(52)48-34(28-60-42(48)32-16-8-10-18-36(32)50)40(54)46(44(57)58)24-20-30-13-5-2-6-14-30/h1-18,33-34,41-42,49-50H,19-28H2,(H,55,56)(H,57,58)/t33-,34-,41+,42+/m0/s1. The molecule has 0 bridgehead atoms. The van der Waals surface area contributed by atoms with E-state index in [9.17, 15) is 49.2 Å². The van der Waals surface area contributed by atoms with Crippen LogP contribution < -0.4 is 0 Å². The molecule has 0 spiro atoms. The Kier molecular flexibility index (Phi) is 16.5. The van der Waals surface area contributed by atoms with Crippen LogP contribution in [0.3, 0.4) is 0 Å². The molecular formula is C44H46N4O10S4. The monoisotopic (exact) mass is 918 g/mol. The van der Waals surface area contributed by atoms with Crippen molar-refractivity contribution < 1.29 is 49.2 Å². The summed E-state index contributed by atoms with van der Waals surface area (Å²) in [5, 5.41) is 40.1. The molecule has 4 N–H and O–H groups in total. The number of benzene rings is 4. The van der Waals surface area contributed by atoms with E-state index in [-0.39, 0.29) is 60.4 Å². The van der Waals surface area contributed by atoms with Crippen LogP contribution in [0.1, 0.15) is 45.8 Å². The maximum Gasteiger partial charge on any atom is 0.414 e. The highest BCUT2D eigenvalue weighted by Crippen LogP contribution is 2.47. The summed E-state index contributed by atoms with van der Waals surface area (Å²) in [6.07, 6.45) is -2.31. The molecule has 0 saturated carbocycles. The number of carbonyl (C=O) groups excluding carboxylic acids is 4. The van der Waals surface area contributed by atoms with Crippen molar-refractivity contribution in [2.45, 2.75) is 48.5 Å². The molecule has 0 aliphatic carbocycles. The zero-order valence-electron chi connectivity index (χ0n) is 33.4. The second-order valence-electron chi connectivity index (χ2n) is 14.3. The van der Waals surface area contributed by atoms with Gasteiger partial charge in [-0.25, -0.2) is 19.4 Å². The summed E-state index contributed by atoms with van der Waals surface area (Å²) in [7, 11) is 2.65. The van der Waals surface area contributed by atoms with Gasteiger partial charge >= 0.3 is 12.2 Å². The molecule has 62 heavy (non-hydrogen) atoms. The predicted molar refractivity (Wildman–Crippen MR) is 242 cm³/mol. The molecule has 14 nitrogen and oxygen atoms in total. The maximum absolute atomic E-state index is 14.0. The summed E-state index contributed by atoms with van der Waals surface area (Å²) >= 11 is 2.54. The van der Waals surface area contributed by atoms with Crippen molar-refractivity contribution >= 4 is 80.9 Å². The van der Waals surface area contributed by atoms with Crippen LogP contribution in [-0.2, 0) is 32.0 Å². The third kappa shape index (κ3) is 11.4. The number of thioether (sulfide) groups is 2. The van der Waals surface area contributed by atoms with E-state index in [4.69, 9.17) is 0 Å². The number of amides is 6. The lowest BCUT2D eigenvalue weighted by Crippen LogP contribution is -2.51. The van der Waals surface area contributed by atoms with Gasteiger partial charge in [-0.15, -0.1) is 23.5 Å². The van der Waals surface area contributed by atoms with Crippen LogP contribution >= 0.6 is 45.1 Å². The van der Waals surface area contributed by atoms with E-state index in [2.05, 4.69) is 0 Å². The Morgan fingerprint density at radius 2 is 0.903 bits per heavy atom. The van der Waals surface area contributed by atoms with E-state index in [1.54, 1.807) is 36.4 Å². The molecule has 0 aromatic heterocycles. The van der Waals surface area contributed by atoms with Crippen LogP contribution in [0.25, 0.3) is 0 Å². The number of phenols is 2. The van der Waals surface area contributed by atoms with E-state index in [0.717, 1.165) is 20.9 Å². The van der Waals surface area contributed by atoms with Gasteiger partial charge in [0.25, 0.3) is 11.8 Å². The highest BCUT2D eigenvalue weighted by Gasteiger charge is 2.47. The van der Waals surface area contributed by atoms with Gasteiger partial charge in [-0.2, -0.15) is 0 Å². The van der Waals surface area contributed by atoms with Gasteiger partial charge in [0.05, 0.1) is 0 Å². The first-order chi connectivity index (χ1) is 30.0. The van der Waals surface area contributed by atoms with Gasteiger partial charge in [0.1, 0.15) is 34.3 Å². The largest absolute Gasteiger partial charge is 0.508 e. The van der Waals surface area contributed by atoms with E-state index in [1.165, 1.54) is 67.0 Å². The van der Waals surface area contributed by atoms with Crippen molar-refractivity contribution in [1.29, 1.82) is 0 Å². The number of hydrogen-bond acceptors (Lipinski definition) is 12. The average molecular weight is 919 g/mol. The summed E-state index contributed by atoms with van der Waals surface area (Å²) < 4.78 is 0. The Morgan fingerprint density at radius 3 is 1.26 bits per heavy atom. The molecule has 326 valence electrons. The van der Waals surface area contributed by atoms with Gasteiger partial charge in [0, 0.05) is 60.1 Å². The summed E-state index contributed by atoms with van der Waals surface area (Å²) in [5.74, 6) is -1.58. The number of aromatic hydroxyl groups is 2. The fourth-order valence-corrected chi connectivity index (χ4v) is 12.1. The molecule has 2 fully saturated rings. The van der Waals surface area contributed by atoms with Crippen LogP contribution in [0.2, 0.25) is 0 Å². The highest BCUT2D eigenvalue weighted by atomic mass is 33.1. The second kappa shape index (κ2) is 22.2. The smallest absolute Gasteiger partial charge is 0.414 e. The predicted octanol–water partition coefficient (Wildman–Crippen LogP) is 7.34. The zero-order chi connectivity index (χ0) is 44.2. The summed E-state index contributed by atoms with van der Waals surface area (Å²) in [5.41, 5.74) is 2.56. The van der Waals surface area contributed by atoms with Crippen molar-refractivity contribution in [2.24, 2.45) is 0 Å². The number of carbonyl (C=O) groups is 6. The lowest BCUT2D eigenvalue weighted by molar-refractivity contribution is -0.143. The number of carboxylic acid groups (broad SMARTS) is 2. The number of para-hydroxylation sites is 2. The van der Waals surface area contributed by atoms with Crippen molar-refractivity contribution in [3.05, 3.63) is 131 Å². The number of hydrogen-bond donors (Lipinski definition) is 4. The Morgan fingerprint density at radius 1 is 0.548 bits per heavy atom. The molecule has 0 unspecified atom stereocenters. The Labute approximate surface area is 375 Å². The van der Waals surface area contributed by atoms with Gasteiger partial charge in [0.2, 0.25) is 11.8 Å². The first-order valence-corrected chi connectivity index (χ1v) is 24.4. The van der Waals surface area contributed by atoms with Crippen molar-refractivity contribution in [3.63, 3.8) is 0 Å². The fourth-order valence-electron chi connectivity index (χ4n) is 7.24. The van der Waals surface area contributed by atoms with Crippen LogP contribution in [0.15, 0.2) is 109 Å². The SMILES string of the molecule is O=C(O)N(CCc1ccccc1)C(=O)[C@@H]1CS[C@H](c2ccccc2O)N1C(=O)CCSSCCC(=O)N1[C@@H](c2ccccc2O)SC[C@H]1C(=O)N(CCc1ccccc1)C(=O)O. The van der Waals surface area contributed by atoms with Crippen molar-refractivity contribution in [3.8, 4) is 11.5 Å². The number of nitrogens with zero attached hydrogens (tertiary/aromatic N) is 4. The molecule has 2 heterocycles. The maximum atomic E-state index is 14.0. The van der Waals surface area contributed by atoms with Crippen molar-refractivity contribution in [1.82, 2.24) is 19.6 Å². The Balaban J connectivity index is 1.09. The van der Waals surface area contributed by atoms with Gasteiger partial charge in [-0.1, -0.05) is 119 Å². The van der Waals surface area contributed by atoms with Gasteiger partial charge in [-0.05, 0) is 36.1 Å². The topological polar surface area (TPSA) is 196 Å². The molecule has 4 aromatic carbocycles. The van der Waals surface area contributed by atoms with E-state index in [0.29, 0.717) is 24.0 Å². The molecule has 2 aliphatic heterocycles. The minimum Gasteiger partial charge on any atom is -0.508 e. The second-order valence-corrected chi connectivity index (χ2v) is 19.2. The molecule has 6 rings (SSSR count). The Hall–Kier alpha value is -5.30. The third-order valence-electron chi connectivity index (χ3n) is 10.4. The molecule has 18 heteroatoms. The summed E-state index contributed by atoms with van der Waals surface area (Å²) in [4.78, 5) is 84.7. The third-order valence-corrected chi connectivity index (χ3v) is 15.4. The summed E-state index contributed by atoms with van der Waals surface area (Å²) in [6.45, 7) is -0.198. The van der Waals surface area contributed by atoms with Crippen LogP contribution in [0.5, 0.6) is 11.5 Å². The van der Waals surface area contributed by atoms with E-state index in [1.807, 2.05) is 60.7 Å². The molecule has 6 amide bonds. The van der Waals surface area contributed by atoms with Crippen LogP contribution in [-0.4, -0.2) is 124 Å². The molecule has 2 saturated heterocycles.